The zero-order valence-corrected chi connectivity index (χ0v) is 14.6. The zero-order chi connectivity index (χ0) is 17.8. The van der Waals surface area contributed by atoms with Crippen LogP contribution in [0.25, 0.3) is 0 Å². The van der Waals surface area contributed by atoms with Crippen LogP contribution in [-0.2, 0) is 19.1 Å². The van der Waals surface area contributed by atoms with Gasteiger partial charge in [-0.2, -0.15) is 0 Å². The van der Waals surface area contributed by atoms with E-state index in [2.05, 4.69) is 5.32 Å². The summed E-state index contributed by atoms with van der Waals surface area (Å²) in [6.07, 6.45) is -0.645. The molecule has 0 aromatic heterocycles. The van der Waals surface area contributed by atoms with E-state index in [4.69, 9.17) is 14.2 Å². The molecule has 1 N–H and O–H groups in total. The van der Waals surface area contributed by atoms with Crippen LogP contribution in [0.3, 0.4) is 0 Å². The molecule has 2 saturated heterocycles. The molecule has 0 saturated carbocycles. The molecule has 2 amide bonds. The third-order valence-corrected chi connectivity index (χ3v) is 4.80. The molecule has 3 aliphatic heterocycles. The van der Waals surface area contributed by atoms with Crippen molar-refractivity contribution in [2.24, 2.45) is 0 Å². The highest BCUT2D eigenvalue weighted by Crippen LogP contribution is 2.37. The average molecular weight is 346 g/mol. The third-order valence-electron chi connectivity index (χ3n) is 4.80. The number of amides is 2. The van der Waals surface area contributed by atoms with E-state index in [1.54, 1.807) is 18.7 Å². The van der Waals surface area contributed by atoms with E-state index >= 15 is 0 Å². The lowest BCUT2D eigenvalue weighted by Crippen LogP contribution is -2.50. The molecular formula is C18H22N2O5. The fourth-order valence-electron chi connectivity index (χ4n) is 3.71. The summed E-state index contributed by atoms with van der Waals surface area (Å²) in [5, 5.41) is 2.74. The smallest absolute Gasteiger partial charge is 0.252 e. The largest absolute Gasteiger partial charge is 0.491 e. The van der Waals surface area contributed by atoms with Gasteiger partial charge in [0.2, 0.25) is 0 Å². The van der Waals surface area contributed by atoms with E-state index in [0.29, 0.717) is 13.2 Å². The van der Waals surface area contributed by atoms with Gasteiger partial charge in [0.25, 0.3) is 11.8 Å². The summed E-state index contributed by atoms with van der Waals surface area (Å²) in [7, 11) is 0. The molecule has 3 aliphatic rings. The Balaban J connectivity index is 1.66. The van der Waals surface area contributed by atoms with Crippen molar-refractivity contribution in [3.8, 4) is 5.75 Å². The molecule has 25 heavy (non-hydrogen) atoms. The lowest BCUT2D eigenvalue weighted by Gasteiger charge is -2.28. The fraction of sp³-hybridized carbons (Fsp3) is 0.556. The molecule has 7 nitrogen and oxygen atoms in total. The zero-order valence-electron chi connectivity index (χ0n) is 14.6. The monoisotopic (exact) mass is 346 g/mol. The number of aryl methyl sites for hydroxylation is 1. The van der Waals surface area contributed by atoms with Crippen LogP contribution in [0.15, 0.2) is 18.2 Å². The Morgan fingerprint density at radius 2 is 2.12 bits per heavy atom. The number of hydrogen-bond acceptors (Lipinski definition) is 5. The van der Waals surface area contributed by atoms with Crippen LogP contribution < -0.4 is 15.0 Å². The SMILES string of the molecule is Cc1cccc2c1OCCCN2C(=O)[C@H]1NC(=O)[C@H]2OC(C)(C)O[C@@H]12. The summed E-state index contributed by atoms with van der Waals surface area (Å²) in [5.74, 6) is -0.649. The van der Waals surface area contributed by atoms with E-state index in [1.807, 2.05) is 25.1 Å². The highest BCUT2D eigenvalue weighted by molar-refractivity contribution is 6.03. The van der Waals surface area contributed by atoms with Gasteiger partial charge in [-0.15, -0.1) is 0 Å². The molecule has 0 radical (unpaired) electrons. The van der Waals surface area contributed by atoms with Crippen LogP contribution in [0.2, 0.25) is 0 Å². The highest BCUT2D eigenvalue weighted by atomic mass is 16.8. The van der Waals surface area contributed by atoms with Crippen LogP contribution in [0.5, 0.6) is 5.75 Å². The standard InChI is InChI=1S/C18H22N2O5/c1-10-6-4-7-11-13(10)23-9-5-8-20(11)17(22)12-14-15(16(21)19-12)25-18(2,3)24-14/h4,6-7,12,14-15H,5,8-9H2,1-3H3,(H,19,21)/t12-,14-,15-/m0/s1. The summed E-state index contributed by atoms with van der Waals surface area (Å²) < 4.78 is 17.3. The number of benzene rings is 1. The molecule has 3 heterocycles. The Labute approximate surface area is 146 Å². The van der Waals surface area contributed by atoms with Crippen molar-refractivity contribution in [1.82, 2.24) is 5.32 Å². The van der Waals surface area contributed by atoms with E-state index in [0.717, 1.165) is 23.4 Å². The van der Waals surface area contributed by atoms with E-state index in [-0.39, 0.29) is 11.8 Å². The van der Waals surface area contributed by atoms with Gasteiger partial charge in [0.15, 0.2) is 11.9 Å². The Morgan fingerprint density at radius 1 is 1.32 bits per heavy atom. The number of para-hydroxylation sites is 1. The molecule has 7 heteroatoms. The summed E-state index contributed by atoms with van der Waals surface area (Å²) >= 11 is 0. The minimum absolute atomic E-state index is 0.195. The van der Waals surface area contributed by atoms with Gasteiger partial charge in [0.1, 0.15) is 17.9 Å². The number of hydrogen-bond donors (Lipinski definition) is 1. The van der Waals surface area contributed by atoms with Gasteiger partial charge in [-0.3, -0.25) is 9.59 Å². The summed E-state index contributed by atoms with van der Waals surface area (Å²) in [6.45, 7) is 6.54. The quantitative estimate of drug-likeness (QED) is 0.825. The first-order chi connectivity index (χ1) is 11.9. The molecule has 0 spiro atoms. The lowest BCUT2D eigenvalue weighted by molar-refractivity contribution is -0.164. The number of anilines is 1. The second-order valence-electron chi connectivity index (χ2n) is 7.12. The highest BCUT2D eigenvalue weighted by Gasteiger charge is 2.57. The fourth-order valence-corrected chi connectivity index (χ4v) is 3.71. The summed E-state index contributed by atoms with van der Waals surface area (Å²) in [4.78, 5) is 27.1. The Kier molecular flexibility index (Phi) is 3.73. The molecule has 0 bridgehead atoms. The Hall–Kier alpha value is -2.12. The topological polar surface area (TPSA) is 77.1 Å². The molecule has 1 aromatic rings. The van der Waals surface area contributed by atoms with Crippen molar-refractivity contribution in [3.63, 3.8) is 0 Å². The van der Waals surface area contributed by atoms with Crippen molar-refractivity contribution in [2.75, 3.05) is 18.1 Å². The first-order valence-corrected chi connectivity index (χ1v) is 8.57. The minimum atomic E-state index is -0.873. The molecule has 1 aromatic carbocycles. The van der Waals surface area contributed by atoms with Crippen LogP contribution >= 0.6 is 0 Å². The predicted octanol–water partition coefficient (Wildman–Crippen LogP) is 1.13. The summed E-state index contributed by atoms with van der Waals surface area (Å²) in [5.41, 5.74) is 1.71. The Bertz CT molecular complexity index is 732. The van der Waals surface area contributed by atoms with Crippen molar-refractivity contribution < 1.29 is 23.8 Å². The van der Waals surface area contributed by atoms with Gasteiger partial charge in [0.05, 0.1) is 12.3 Å². The minimum Gasteiger partial charge on any atom is -0.491 e. The first-order valence-electron chi connectivity index (χ1n) is 8.57. The number of nitrogens with one attached hydrogen (secondary N) is 1. The van der Waals surface area contributed by atoms with E-state index < -0.39 is 24.0 Å². The van der Waals surface area contributed by atoms with Gasteiger partial charge < -0.3 is 24.4 Å². The molecule has 0 unspecified atom stereocenters. The Morgan fingerprint density at radius 3 is 2.92 bits per heavy atom. The van der Waals surface area contributed by atoms with Crippen LogP contribution in [0.4, 0.5) is 5.69 Å². The molecular weight excluding hydrogens is 324 g/mol. The van der Waals surface area contributed by atoms with Gasteiger partial charge in [-0.25, -0.2) is 0 Å². The maximum Gasteiger partial charge on any atom is 0.252 e. The maximum atomic E-state index is 13.2. The second kappa shape index (κ2) is 5.71. The number of fused-ring (bicyclic) bond motifs is 2. The van der Waals surface area contributed by atoms with Crippen LogP contribution in [-0.4, -0.2) is 49.0 Å². The second-order valence-corrected chi connectivity index (χ2v) is 7.12. The van der Waals surface area contributed by atoms with Gasteiger partial charge in [-0.1, -0.05) is 12.1 Å². The molecule has 0 aliphatic carbocycles. The van der Waals surface area contributed by atoms with E-state index in [1.165, 1.54) is 0 Å². The van der Waals surface area contributed by atoms with Crippen molar-refractivity contribution >= 4 is 17.5 Å². The van der Waals surface area contributed by atoms with Crippen LogP contribution in [0, 0.1) is 6.92 Å². The molecule has 2 fully saturated rings. The predicted molar refractivity (Wildman–Crippen MR) is 89.4 cm³/mol. The first kappa shape index (κ1) is 16.4. The third kappa shape index (κ3) is 2.67. The van der Waals surface area contributed by atoms with Gasteiger partial charge >= 0.3 is 0 Å². The molecule has 3 atom stereocenters. The average Bonchev–Trinajstić information content (AvgIpc) is 2.91. The molecule has 134 valence electrons. The number of rotatable bonds is 1. The van der Waals surface area contributed by atoms with Crippen molar-refractivity contribution in [1.29, 1.82) is 0 Å². The summed E-state index contributed by atoms with van der Waals surface area (Å²) in [6, 6.07) is 4.97. The van der Waals surface area contributed by atoms with Crippen molar-refractivity contribution in [2.45, 2.75) is 51.2 Å². The van der Waals surface area contributed by atoms with E-state index in [9.17, 15) is 9.59 Å². The number of carbonyl (C=O) groups excluding carboxylic acids is 2. The van der Waals surface area contributed by atoms with Crippen molar-refractivity contribution in [3.05, 3.63) is 23.8 Å². The van der Waals surface area contributed by atoms with Crippen LogP contribution in [0.1, 0.15) is 25.8 Å². The molecule has 4 rings (SSSR count). The van der Waals surface area contributed by atoms with Gasteiger partial charge in [-0.05, 0) is 38.8 Å². The number of ether oxygens (including phenoxy) is 3. The number of nitrogens with zero attached hydrogens (tertiary/aromatic N) is 1. The lowest BCUT2D eigenvalue weighted by atomic mass is 10.1. The normalized spacial score (nSPS) is 30.1. The number of carbonyl (C=O) groups is 2. The maximum absolute atomic E-state index is 13.2. The van der Waals surface area contributed by atoms with Gasteiger partial charge in [0, 0.05) is 6.54 Å².